The third kappa shape index (κ3) is 15.8. The van der Waals surface area contributed by atoms with Gasteiger partial charge in [0.05, 0.1) is 47.1 Å². The van der Waals surface area contributed by atoms with Gasteiger partial charge in [0, 0.05) is 30.1 Å². The van der Waals surface area contributed by atoms with Crippen LogP contribution >= 0.6 is 0 Å². The first-order chi connectivity index (χ1) is 26.7. The van der Waals surface area contributed by atoms with Gasteiger partial charge in [-0.15, -0.1) is 6.42 Å². The number of ether oxygens (including phenoxy) is 2. The van der Waals surface area contributed by atoms with Gasteiger partial charge in [-0.25, -0.2) is 4.98 Å². The minimum atomic E-state index is 0.622. The lowest BCUT2D eigenvalue weighted by Gasteiger charge is -2.14. The molecule has 0 spiro atoms. The standard InChI is InChI=1S/C49H63N3O2/c1-4-7-9-11-13-15-17-19-21-27-35-53-48-40-43(49(39-42(48)6-3)54-36-28-22-20-18-16-14-12-10-8-5-2)32-31-41-37-46(44-29-23-25-33-50-44)52-47(38-41)45-30-24-26-34-51-45/h3,23-26,29-30,33-34,37-40H,4-5,7-22,27-28,35-36H2,1-2H3. The molecule has 5 heteroatoms. The van der Waals surface area contributed by atoms with Gasteiger partial charge >= 0.3 is 0 Å². The van der Waals surface area contributed by atoms with E-state index in [2.05, 4.69) is 41.6 Å². The lowest BCUT2D eigenvalue weighted by atomic mass is 10.1. The molecule has 0 fully saturated rings. The molecule has 0 saturated heterocycles. The van der Waals surface area contributed by atoms with Crippen LogP contribution in [0.15, 0.2) is 73.1 Å². The zero-order chi connectivity index (χ0) is 37.9. The van der Waals surface area contributed by atoms with Gasteiger partial charge in [-0.1, -0.05) is 159 Å². The van der Waals surface area contributed by atoms with E-state index in [1.165, 1.54) is 103 Å². The minimum Gasteiger partial charge on any atom is -0.492 e. The SMILES string of the molecule is C#Cc1cc(OCCCCCCCCCCCC)c(C#Cc2cc(-c3ccccn3)nc(-c3ccccn3)c2)cc1OCCCCCCCCCCCC. The fourth-order valence-corrected chi connectivity index (χ4v) is 6.59. The van der Waals surface area contributed by atoms with Crippen LogP contribution < -0.4 is 9.47 Å². The van der Waals surface area contributed by atoms with Crippen molar-refractivity contribution >= 4 is 0 Å². The van der Waals surface area contributed by atoms with Gasteiger partial charge in [0.15, 0.2) is 0 Å². The lowest BCUT2D eigenvalue weighted by molar-refractivity contribution is 0.295. The fraction of sp³-hybridized carbons (Fsp3) is 0.490. The highest BCUT2D eigenvalue weighted by molar-refractivity contribution is 5.66. The highest BCUT2D eigenvalue weighted by Gasteiger charge is 2.12. The molecule has 0 aliphatic carbocycles. The molecule has 0 radical (unpaired) electrons. The van der Waals surface area contributed by atoms with Gasteiger partial charge in [0.25, 0.3) is 0 Å². The second kappa shape index (κ2) is 26.2. The van der Waals surface area contributed by atoms with Gasteiger partial charge in [0.2, 0.25) is 0 Å². The van der Waals surface area contributed by atoms with Crippen molar-refractivity contribution in [2.24, 2.45) is 0 Å². The van der Waals surface area contributed by atoms with E-state index in [-0.39, 0.29) is 0 Å². The van der Waals surface area contributed by atoms with Crippen molar-refractivity contribution in [3.63, 3.8) is 0 Å². The van der Waals surface area contributed by atoms with Crippen LogP contribution in [0.5, 0.6) is 11.5 Å². The molecule has 0 aliphatic heterocycles. The summed E-state index contributed by atoms with van der Waals surface area (Å²) in [5, 5.41) is 0. The molecule has 286 valence electrons. The van der Waals surface area contributed by atoms with Gasteiger partial charge in [-0.05, 0) is 49.2 Å². The van der Waals surface area contributed by atoms with E-state index in [0.29, 0.717) is 30.3 Å². The summed E-state index contributed by atoms with van der Waals surface area (Å²) in [7, 11) is 0. The topological polar surface area (TPSA) is 57.1 Å². The Labute approximate surface area is 327 Å². The van der Waals surface area contributed by atoms with E-state index < -0.39 is 0 Å². The summed E-state index contributed by atoms with van der Waals surface area (Å²) in [5.74, 6) is 11.1. The molecule has 0 N–H and O–H groups in total. The predicted molar refractivity (Wildman–Crippen MR) is 226 cm³/mol. The molecule has 0 amide bonds. The number of pyridine rings is 3. The monoisotopic (exact) mass is 725 g/mol. The van der Waals surface area contributed by atoms with Crippen molar-refractivity contribution in [3.05, 3.63) is 89.7 Å². The summed E-state index contributed by atoms with van der Waals surface area (Å²) in [4.78, 5) is 14.0. The van der Waals surface area contributed by atoms with Crippen LogP contribution in [0.2, 0.25) is 0 Å². The second-order valence-electron chi connectivity index (χ2n) is 14.4. The highest BCUT2D eigenvalue weighted by Crippen LogP contribution is 2.30. The van der Waals surface area contributed by atoms with Gasteiger partial charge < -0.3 is 9.47 Å². The largest absolute Gasteiger partial charge is 0.492 e. The van der Waals surface area contributed by atoms with Crippen molar-refractivity contribution in [3.8, 4) is 58.5 Å². The van der Waals surface area contributed by atoms with Gasteiger partial charge in [-0.2, -0.15) is 0 Å². The summed E-state index contributed by atoms with van der Waals surface area (Å²) in [6.07, 6.45) is 35.1. The molecular formula is C49H63N3O2. The Morgan fingerprint density at radius 2 is 0.907 bits per heavy atom. The zero-order valence-electron chi connectivity index (χ0n) is 33.2. The molecule has 3 heterocycles. The van der Waals surface area contributed by atoms with Gasteiger partial charge in [-0.3, -0.25) is 9.97 Å². The number of terminal acetylenes is 1. The summed E-state index contributed by atoms with van der Waals surface area (Å²) in [6, 6.07) is 19.5. The normalized spacial score (nSPS) is 10.8. The van der Waals surface area contributed by atoms with Crippen molar-refractivity contribution in [1.29, 1.82) is 0 Å². The van der Waals surface area contributed by atoms with Crippen LogP contribution in [0.1, 0.15) is 159 Å². The Balaban J connectivity index is 1.46. The number of hydrogen-bond acceptors (Lipinski definition) is 5. The quantitative estimate of drug-likeness (QED) is 0.0476. The van der Waals surface area contributed by atoms with Crippen LogP contribution in [0.25, 0.3) is 22.8 Å². The maximum Gasteiger partial charge on any atom is 0.136 e. The molecule has 0 atom stereocenters. The Morgan fingerprint density at radius 3 is 1.33 bits per heavy atom. The number of unbranched alkanes of at least 4 members (excludes halogenated alkanes) is 18. The van der Waals surface area contributed by atoms with Crippen molar-refractivity contribution in [2.45, 2.75) is 142 Å². The Morgan fingerprint density at radius 1 is 0.481 bits per heavy atom. The Kier molecular flexibility index (Phi) is 20.5. The fourth-order valence-electron chi connectivity index (χ4n) is 6.59. The average molecular weight is 726 g/mol. The number of nitrogens with zero attached hydrogens (tertiary/aromatic N) is 3. The van der Waals surface area contributed by atoms with E-state index in [9.17, 15) is 0 Å². The molecule has 4 aromatic rings. The first-order valence-electron chi connectivity index (χ1n) is 21.0. The predicted octanol–water partition coefficient (Wildman–Crippen LogP) is 13.2. The number of benzene rings is 1. The summed E-state index contributed by atoms with van der Waals surface area (Å²) >= 11 is 0. The third-order valence-corrected chi connectivity index (χ3v) is 9.77. The maximum absolute atomic E-state index is 6.41. The molecule has 54 heavy (non-hydrogen) atoms. The molecule has 0 saturated carbocycles. The molecule has 0 bridgehead atoms. The average Bonchev–Trinajstić information content (AvgIpc) is 3.22. The molecule has 5 nitrogen and oxygen atoms in total. The van der Waals surface area contributed by atoms with Gasteiger partial charge in [0.1, 0.15) is 11.5 Å². The van der Waals surface area contributed by atoms with E-state index >= 15 is 0 Å². The van der Waals surface area contributed by atoms with E-state index in [1.54, 1.807) is 12.4 Å². The number of aromatic nitrogens is 3. The first-order valence-corrected chi connectivity index (χ1v) is 21.0. The molecule has 4 rings (SSSR count). The van der Waals surface area contributed by atoms with Crippen LogP contribution in [0, 0.1) is 24.2 Å². The summed E-state index contributed by atoms with van der Waals surface area (Å²) in [5.41, 5.74) is 5.30. The Hall–Kier alpha value is -4.61. The Bertz CT molecular complexity index is 1660. The minimum absolute atomic E-state index is 0.622. The van der Waals surface area contributed by atoms with Crippen LogP contribution in [0.4, 0.5) is 0 Å². The summed E-state index contributed by atoms with van der Waals surface area (Å²) < 4.78 is 12.7. The van der Waals surface area contributed by atoms with Crippen LogP contribution in [-0.4, -0.2) is 28.2 Å². The number of hydrogen-bond donors (Lipinski definition) is 0. The first kappa shape index (κ1) is 42.1. The zero-order valence-corrected chi connectivity index (χ0v) is 33.2. The van der Waals surface area contributed by atoms with E-state index in [1.807, 2.05) is 60.7 Å². The van der Waals surface area contributed by atoms with E-state index in [4.69, 9.17) is 20.9 Å². The molecule has 1 aromatic carbocycles. The van der Waals surface area contributed by atoms with Crippen LogP contribution in [0.3, 0.4) is 0 Å². The van der Waals surface area contributed by atoms with Crippen molar-refractivity contribution < 1.29 is 9.47 Å². The van der Waals surface area contributed by atoms with Crippen molar-refractivity contribution in [1.82, 2.24) is 15.0 Å². The maximum atomic E-state index is 6.41. The smallest absolute Gasteiger partial charge is 0.136 e. The third-order valence-electron chi connectivity index (χ3n) is 9.77. The molecule has 0 unspecified atom stereocenters. The van der Waals surface area contributed by atoms with E-state index in [0.717, 1.165) is 59.6 Å². The van der Waals surface area contributed by atoms with Crippen LogP contribution in [-0.2, 0) is 0 Å². The summed E-state index contributed by atoms with van der Waals surface area (Å²) in [6.45, 7) is 5.79. The van der Waals surface area contributed by atoms with Crippen molar-refractivity contribution in [2.75, 3.05) is 13.2 Å². The lowest BCUT2D eigenvalue weighted by Crippen LogP contribution is -2.03. The molecule has 0 aliphatic rings. The second-order valence-corrected chi connectivity index (χ2v) is 14.4. The molecular weight excluding hydrogens is 663 g/mol. The molecule has 3 aromatic heterocycles. The highest BCUT2D eigenvalue weighted by atomic mass is 16.5. The number of rotatable bonds is 26.